The van der Waals surface area contributed by atoms with E-state index in [0.717, 1.165) is 25.7 Å². The number of hydrogen-bond donors (Lipinski definition) is 1. The Morgan fingerprint density at radius 3 is 2.09 bits per heavy atom. The summed E-state index contributed by atoms with van der Waals surface area (Å²) < 4.78 is 15.8. The molecule has 0 aliphatic carbocycles. The van der Waals surface area contributed by atoms with Crippen LogP contribution in [0.15, 0.2) is 12.1 Å². The normalized spacial score (nSPS) is 11.7. The molecule has 0 aliphatic heterocycles. The summed E-state index contributed by atoms with van der Waals surface area (Å²) in [4.78, 5) is 12.5. The molecule has 0 aromatic heterocycles. The predicted octanol–water partition coefficient (Wildman–Crippen LogP) is 3.41. The van der Waals surface area contributed by atoms with Crippen LogP contribution in [0.4, 0.5) is 0 Å². The van der Waals surface area contributed by atoms with Crippen LogP contribution in [0.25, 0.3) is 0 Å². The lowest BCUT2D eigenvalue weighted by molar-refractivity contribution is 0.0932. The van der Waals surface area contributed by atoms with Crippen LogP contribution >= 0.6 is 0 Å². The third-order valence-electron chi connectivity index (χ3n) is 3.66. The van der Waals surface area contributed by atoms with Crippen molar-refractivity contribution in [2.24, 2.45) is 0 Å². The van der Waals surface area contributed by atoms with Gasteiger partial charge in [0.1, 0.15) is 0 Å². The molecule has 0 bridgehead atoms. The van der Waals surface area contributed by atoms with Crippen LogP contribution in [-0.2, 0) is 0 Å². The molecule has 0 aliphatic rings. The highest BCUT2D eigenvalue weighted by Crippen LogP contribution is 2.38. The number of unbranched alkanes of at least 4 members (excludes halogenated alkanes) is 1. The lowest BCUT2D eigenvalue weighted by atomic mass is 10.1. The minimum atomic E-state index is -0.123. The zero-order valence-electron chi connectivity index (χ0n) is 14.2. The van der Waals surface area contributed by atoms with Gasteiger partial charge >= 0.3 is 0 Å². The monoisotopic (exact) mass is 309 g/mol. The zero-order valence-corrected chi connectivity index (χ0v) is 14.2. The fourth-order valence-corrected chi connectivity index (χ4v) is 2.31. The van der Waals surface area contributed by atoms with Gasteiger partial charge in [0.2, 0.25) is 5.75 Å². The third kappa shape index (κ3) is 4.55. The first-order valence-electron chi connectivity index (χ1n) is 7.72. The SMILES string of the molecule is CCCC[C@@H](CC)NC(=O)c1cc(OC)c(OC)c(OC)c1. The Hall–Kier alpha value is -1.91. The third-order valence-corrected chi connectivity index (χ3v) is 3.66. The lowest BCUT2D eigenvalue weighted by Gasteiger charge is -2.18. The van der Waals surface area contributed by atoms with Gasteiger partial charge in [0.15, 0.2) is 11.5 Å². The maximum Gasteiger partial charge on any atom is 0.251 e. The molecule has 1 atom stereocenters. The van der Waals surface area contributed by atoms with Gasteiger partial charge in [-0.15, -0.1) is 0 Å². The predicted molar refractivity (Wildman–Crippen MR) is 87.2 cm³/mol. The Morgan fingerprint density at radius 2 is 1.68 bits per heavy atom. The second-order valence-corrected chi connectivity index (χ2v) is 5.13. The highest BCUT2D eigenvalue weighted by molar-refractivity contribution is 5.95. The number of hydrogen-bond acceptors (Lipinski definition) is 4. The van der Waals surface area contributed by atoms with E-state index in [0.29, 0.717) is 22.8 Å². The van der Waals surface area contributed by atoms with Gasteiger partial charge in [0.05, 0.1) is 21.3 Å². The van der Waals surface area contributed by atoms with Crippen LogP contribution in [-0.4, -0.2) is 33.3 Å². The molecular formula is C17H27NO4. The van der Waals surface area contributed by atoms with Crippen molar-refractivity contribution >= 4 is 5.91 Å². The number of nitrogens with one attached hydrogen (secondary N) is 1. The van der Waals surface area contributed by atoms with Crippen molar-refractivity contribution in [2.75, 3.05) is 21.3 Å². The van der Waals surface area contributed by atoms with Gasteiger partial charge in [0, 0.05) is 11.6 Å². The van der Waals surface area contributed by atoms with Gasteiger partial charge in [-0.1, -0.05) is 26.7 Å². The quantitative estimate of drug-likeness (QED) is 0.759. The molecule has 1 amide bonds. The van der Waals surface area contributed by atoms with E-state index < -0.39 is 0 Å². The first-order valence-corrected chi connectivity index (χ1v) is 7.72. The number of methoxy groups -OCH3 is 3. The van der Waals surface area contributed by atoms with E-state index in [9.17, 15) is 4.79 Å². The Morgan fingerprint density at radius 1 is 1.09 bits per heavy atom. The number of ether oxygens (including phenoxy) is 3. The van der Waals surface area contributed by atoms with Gasteiger partial charge in [-0.2, -0.15) is 0 Å². The molecule has 0 saturated carbocycles. The van der Waals surface area contributed by atoms with Crippen LogP contribution in [0.3, 0.4) is 0 Å². The second-order valence-electron chi connectivity index (χ2n) is 5.13. The van der Waals surface area contributed by atoms with Crippen LogP contribution in [0.2, 0.25) is 0 Å². The van der Waals surface area contributed by atoms with Gasteiger partial charge in [-0.05, 0) is 25.0 Å². The van der Waals surface area contributed by atoms with E-state index in [-0.39, 0.29) is 11.9 Å². The topological polar surface area (TPSA) is 56.8 Å². The van der Waals surface area contributed by atoms with E-state index in [1.54, 1.807) is 12.1 Å². The molecule has 5 nitrogen and oxygen atoms in total. The maximum atomic E-state index is 12.5. The molecular weight excluding hydrogens is 282 g/mol. The molecule has 1 aromatic carbocycles. The number of carbonyl (C=O) groups is 1. The van der Waals surface area contributed by atoms with Gasteiger partial charge < -0.3 is 19.5 Å². The molecule has 22 heavy (non-hydrogen) atoms. The lowest BCUT2D eigenvalue weighted by Crippen LogP contribution is -2.34. The van der Waals surface area contributed by atoms with Crippen molar-refractivity contribution in [3.63, 3.8) is 0 Å². The van der Waals surface area contributed by atoms with Crippen LogP contribution in [0.1, 0.15) is 49.9 Å². The zero-order chi connectivity index (χ0) is 16.5. The summed E-state index contributed by atoms with van der Waals surface area (Å²) in [5.74, 6) is 1.32. The van der Waals surface area contributed by atoms with Crippen molar-refractivity contribution in [3.05, 3.63) is 17.7 Å². The van der Waals surface area contributed by atoms with Crippen molar-refractivity contribution in [1.29, 1.82) is 0 Å². The summed E-state index contributed by atoms with van der Waals surface area (Å²) in [5.41, 5.74) is 0.504. The van der Waals surface area contributed by atoms with Gasteiger partial charge in [0.25, 0.3) is 5.91 Å². The summed E-state index contributed by atoms with van der Waals surface area (Å²) in [7, 11) is 4.61. The van der Waals surface area contributed by atoms with Crippen LogP contribution in [0, 0.1) is 0 Å². The summed E-state index contributed by atoms with van der Waals surface area (Å²) >= 11 is 0. The Labute approximate surface area is 132 Å². The van der Waals surface area contributed by atoms with Crippen molar-refractivity contribution in [3.8, 4) is 17.2 Å². The first kappa shape index (κ1) is 18.1. The molecule has 1 N–H and O–H groups in total. The first-order chi connectivity index (χ1) is 10.6. The number of benzene rings is 1. The van der Waals surface area contributed by atoms with E-state index >= 15 is 0 Å². The summed E-state index contributed by atoms with van der Waals surface area (Å²) in [5, 5.41) is 3.07. The van der Waals surface area contributed by atoms with Crippen molar-refractivity contribution in [1.82, 2.24) is 5.32 Å². The molecule has 1 rings (SSSR count). The molecule has 0 radical (unpaired) electrons. The Balaban J connectivity index is 2.97. The van der Waals surface area contributed by atoms with Gasteiger partial charge in [-0.3, -0.25) is 4.79 Å². The highest BCUT2D eigenvalue weighted by Gasteiger charge is 2.18. The van der Waals surface area contributed by atoms with E-state index in [2.05, 4.69) is 19.2 Å². The van der Waals surface area contributed by atoms with E-state index in [1.807, 2.05) is 0 Å². The molecule has 124 valence electrons. The minimum Gasteiger partial charge on any atom is -0.493 e. The molecule has 5 heteroatoms. The second kappa shape index (κ2) is 9.18. The number of amides is 1. The average molecular weight is 309 g/mol. The summed E-state index contributed by atoms with van der Waals surface area (Å²) in [6, 6.07) is 3.53. The molecule has 0 saturated heterocycles. The smallest absolute Gasteiger partial charge is 0.251 e. The number of rotatable bonds is 9. The van der Waals surface area contributed by atoms with Crippen LogP contribution in [0.5, 0.6) is 17.2 Å². The molecule has 0 unspecified atom stereocenters. The van der Waals surface area contributed by atoms with E-state index in [1.165, 1.54) is 21.3 Å². The highest BCUT2D eigenvalue weighted by atomic mass is 16.5. The van der Waals surface area contributed by atoms with Crippen LogP contribution < -0.4 is 19.5 Å². The molecule has 0 spiro atoms. The maximum absolute atomic E-state index is 12.5. The average Bonchev–Trinajstić information content (AvgIpc) is 2.56. The molecule has 0 heterocycles. The van der Waals surface area contributed by atoms with Crippen molar-refractivity contribution in [2.45, 2.75) is 45.6 Å². The molecule has 1 aromatic rings. The fraction of sp³-hybridized carbons (Fsp3) is 0.588. The summed E-state index contributed by atoms with van der Waals surface area (Å²) in [6.07, 6.45) is 4.13. The number of carbonyl (C=O) groups excluding carboxylic acids is 1. The molecule has 0 fully saturated rings. The standard InChI is InChI=1S/C17H27NO4/c1-6-8-9-13(7-2)18-17(19)12-10-14(20-3)16(22-5)15(11-12)21-4/h10-11,13H,6-9H2,1-5H3,(H,18,19)/t13-/m1/s1. The minimum absolute atomic E-state index is 0.123. The fourth-order valence-electron chi connectivity index (χ4n) is 2.31. The largest absolute Gasteiger partial charge is 0.493 e. The van der Waals surface area contributed by atoms with Crippen molar-refractivity contribution < 1.29 is 19.0 Å². The Bertz CT molecular complexity index is 463. The Kier molecular flexibility index (Phi) is 7.57. The van der Waals surface area contributed by atoms with E-state index in [4.69, 9.17) is 14.2 Å². The van der Waals surface area contributed by atoms with Gasteiger partial charge in [-0.25, -0.2) is 0 Å². The summed E-state index contributed by atoms with van der Waals surface area (Å²) in [6.45, 7) is 4.23.